The van der Waals surface area contributed by atoms with Gasteiger partial charge in [-0.05, 0) is 36.9 Å². The number of nitrogens with one attached hydrogen (secondary N) is 2. The van der Waals surface area contributed by atoms with E-state index in [4.69, 9.17) is 4.74 Å². The first-order valence-corrected chi connectivity index (χ1v) is 6.85. The predicted octanol–water partition coefficient (Wildman–Crippen LogP) is 2.12. The van der Waals surface area contributed by atoms with Gasteiger partial charge >= 0.3 is 0 Å². The van der Waals surface area contributed by atoms with Gasteiger partial charge < -0.3 is 20.5 Å². The molecule has 0 aliphatic carbocycles. The van der Waals surface area contributed by atoms with Crippen molar-refractivity contribution in [2.24, 2.45) is 5.41 Å². The number of aromatic hydroxyl groups is 1. The Morgan fingerprint density at radius 1 is 1.50 bits per heavy atom. The van der Waals surface area contributed by atoms with Crippen molar-refractivity contribution >= 4 is 11.6 Å². The summed E-state index contributed by atoms with van der Waals surface area (Å²) in [5.41, 5.74) is 0.309. The Bertz CT molecular complexity index is 500. The molecule has 0 radical (unpaired) electrons. The molecule has 1 amide bonds. The highest BCUT2D eigenvalue weighted by molar-refractivity contribution is 5.96. The number of hydrogen-bond donors (Lipinski definition) is 3. The fourth-order valence-corrected chi connectivity index (χ4v) is 2.61. The van der Waals surface area contributed by atoms with Gasteiger partial charge in [0, 0.05) is 6.07 Å². The molecule has 0 saturated carbocycles. The summed E-state index contributed by atoms with van der Waals surface area (Å²) < 4.78 is 5.02. The fourth-order valence-electron chi connectivity index (χ4n) is 2.61. The van der Waals surface area contributed by atoms with E-state index in [0.29, 0.717) is 11.4 Å². The number of phenolic OH excluding ortho intramolecular Hbond substituents is 1. The van der Waals surface area contributed by atoms with E-state index in [2.05, 4.69) is 24.5 Å². The maximum Gasteiger partial charge on any atom is 0.242 e. The highest BCUT2D eigenvalue weighted by Gasteiger charge is 2.37. The van der Waals surface area contributed by atoms with E-state index in [1.807, 2.05) is 0 Å². The molecule has 1 aromatic rings. The molecule has 1 aliphatic rings. The first kappa shape index (κ1) is 14.7. The van der Waals surface area contributed by atoms with Gasteiger partial charge in [-0.3, -0.25) is 4.79 Å². The highest BCUT2D eigenvalue weighted by Crippen LogP contribution is 2.32. The minimum Gasteiger partial charge on any atom is -0.506 e. The molecule has 1 unspecified atom stereocenters. The summed E-state index contributed by atoms with van der Waals surface area (Å²) in [6.07, 6.45) is 2.08. The monoisotopic (exact) mass is 278 g/mol. The van der Waals surface area contributed by atoms with Crippen molar-refractivity contribution in [2.75, 3.05) is 19.0 Å². The van der Waals surface area contributed by atoms with Gasteiger partial charge in [0.2, 0.25) is 5.91 Å². The molecule has 1 saturated heterocycles. The molecule has 5 nitrogen and oxygen atoms in total. The molecule has 2 rings (SSSR count). The predicted molar refractivity (Wildman–Crippen MR) is 78.1 cm³/mol. The molecule has 110 valence electrons. The minimum atomic E-state index is -0.252. The second-order valence-corrected chi connectivity index (χ2v) is 5.85. The van der Waals surface area contributed by atoms with Crippen molar-refractivity contribution in [3.63, 3.8) is 0 Å². The fraction of sp³-hybridized carbons (Fsp3) is 0.533. The molecule has 20 heavy (non-hydrogen) atoms. The summed E-state index contributed by atoms with van der Waals surface area (Å²) in [6, 6.07) is 4.57. The van der Waals surface area contributed by atoms with Crippen LogP contribution < -0.4 is 15.4 Å². The lowest BCUT2D eigenvalue weighted by molar-refractivity contribution is -0.121. The lowest BCUT2D eigenvalue weighted by Crippen LogP contribution is -2.53. The van der Waals surface area contributed by atoms with Crippen LogP contribution in [0.25, 0.3) is 0 Å². The average Bonchev–Trinajstić information content (AvgIpc) is 2.40. The molecule has 1 heterocycles. The standard InChI is InChI=1S/C15H22N2O3/c1-15(2)7-4-8-16-13(15)14(19)17-11-6-5-10(20-3)9-12(11)18/h5-6,9,13,16,18H,4,7-8H2,1-3H3,(H,17,19). The molecule has 0 bridgehead atoms. The van der Waals surface area contributed by atoms with Crippen molar-refractivity contribution < 1.29 is 14.6 Å². The number of anilines is 1. The van der Waals surface area contributed by atoms with Gasteiger partial charge in [-0.25, -0.2) is 0 Å². The zero-order valence-electron chi connectivity index (χ0n) is 12.2. The number of carbonyl (C=O) groups excluding carboxylic acids is 1. The third-order valence-electron chi connectivity index (χ3n) is 3.85. The zero-order valence-corrected chi connectivity index (χ0v) is 12.2. The SMILES string of the molecule is COc1ccc(NC(=O)C2NCCCC2(C)C)c(O)c1. The van der Waals surface area contributed by atoms with Crippen molar-refractivity contribution in [2.45, 2.75) is 32.7 Å². The van der Waals surface area contributed by atoms with E-state index in [9.17, 15) is 9.90 Å². The van der Waals surface area contributed by atoms with Crippen LogP contribution in [0.3, 0.4) is 0 Å². The van der Waals surface area contributed by atoms with Crippen LogP contribution in [0.5, 0.6) is 11.5 Å². The normalized spacial score (nSPS) is 21.2. The molecular formula is C15H22N2O3. The highest BCUT2D eigenvalue weighted by atomic mass is 16.5. The van der Waals surface area contributed by atoms with Crippen LogP contribution >= 0.6 is 0 Å². The third-order valence-corrected chi connectivity index (χ3v) is 3.85. The van der Waals surface area contributed by atoms with Gasteiger partial charge in [-0.2, -0.15) is 0 Å². The van der Waals surface area contributed by atoms with Crippen LogP contribution in [-0.2, 0) is 4.79 Å². The Hall–Kier alpha value is -1.75. The summed E-state index contributed by atoms with van der Waals surface area (Å²) in [6.45, 7) is 5.00. The number of methoxy groups -OCH3 is 1. The molecular weight excluding hydrogens is 256 g/mol. The van der Waals surface area contributed by atoms with Crippen molar-refractivity contribution in [3.05, 3.63) is 18.2 Å². The molecule has 1 atom stereocenters. The number of benzene rings is 1. The summed E-state index contributed by atoms with van der Waals surface area (Å²) in [4.78, 5) is 12.4. The second-order valence-electron chi connectivity index (χ2n) is 5.85. The number of phenols is 1. The van der Waals surface area contributed by atoms with Crippen LogP contribution in [0.2, 0.25) is 0 Å². The number of amides is 1. The summed E-state index contributed by atoms with van der Waals surface area (Å²) in [7, 11) is 1.53. The molecule has 0 aromatic heterocycles. The van der Waals surface area contributed by atoms with Crippen LogP contribution in [-0.4, -0.2) is 30.7 Å². The smallest absolute Gasteiger partial charge is 0.242 e. The van der Waals surface area contributed by atoms with Crippen LogP contribution in [0.1, 0.15) is 26.7 Å². The van der Waals surface area contributed by atoms with Gasteiger partial charge in [0.15, 0.2) is 0 Å². The van der Waals surface area contributed by atoms with E-state index in [-0.39, 0.29) is 23.1 Å². The number of ether oxygens (including phenoxy) is 1. The van der Waals surface area contributed by atoms with E-state index < -0.39 is 0 Å². The van der Waals surface area contributed by atoms with Gasteiger partial charge in [0.1, 0.15) is 11.5 Å². The maximum absolute atomic E-state index is 12.4. The Morgan fingerprint density at radius 2 is 2.25 bits per heavy atom. The first-order valence-electron chi connectivity index (χ1n) is 6.85. The average molecular weight is 278 g/mol. The largest absolute Gasteiger partial charge is 0.506 e. The van der Waals surface area contributed by atoms with Crippen molar-refractivity contribution in [1.82, 2.24) is 5.32 Å². The summed E-state index contributed by atoms with van der Waals surface area (Å²) in [5.74, 6) is 0.443. The van der Waals surface area contributed by atoms with Gasteiger partial charge in [-0.15, -0.1) is 0 Å². The van der Waals surface area contributed by atoms with Gasteiger partial charge in [0.05, 0.1) is 18.8 Å². The van der Waals surface area contributed by atoms with Crippen molar-refractivity contribution in [3.8, 4) is 11.5 Å². The molecule has 1 aromatic carbocycles. The lowest BCUT2D eigenvalue weighted by atomic mass is 9.77. The van der Waals surface area contributed by atoms with E-state index in [0.717, 1.165) is 19.4 Å². The Kier molecular flexibility index (Phi) is 4.18. The Balaban J connectivity index is 2.11. The Morgan fingerprint density at radius 3 is 2.85 bits per heavy atom. The quantitative estimate of drug-likeness (QED) is 0.741. The van der Waals surface area contributed by atoms with Crippen LogP contribution in [0.15, 0.2) is 18.2 Å². The zero-order chi connectivity index (χ0) is 14.8. The number of rotatable bonds is 3. The van der Waals surface area contributed by atoms with Gasteiger partial charge in [-0.1, -0.05) is 13.8 Å². The minimum absolute atomic E-state index is 0.00585. The van der Waals surface area contributed by atoms with Crippen molar-refractivity contribution in [1.29, 1.82) is 0 Å². The molecule has 0 spiro atoms. The molecule has 5 heteroatoms. The van der Waals surface area contributed by atoms with Gasteiger partial charge in [0.25, 0.3) is 0 Å². The topological polar surface area (TPSA) is 70.6 Å². The first-order chi connectivity index (χ1) is 9.44. The van der Waals surface area contributed by atoms with Crippen LogP contribution in [0, 0.1) is 5.41 Å². The van der Waals surface area contributed by atoms with E-state index in [1.165, 1.54) is 13.2 Å². The maximum atomic E-state index is 12.4. The number of piperidine rings is 1. The van der Waals surface area contributed by atoms with E-state index in [1.54, 1.807) is 12.1 Å². The Labute approximate surface area is 119 Å². The molecule has 1 aliphatic heterocycles. The van der Waals surface area contributed by atoms with Crippen LogP contribution in [0.4, 0.5) is 5.69 Å². The lowest BCUT2D eigenvalue weighted by Gasteiger charge is -2.38. The third kappa shape index (κ3) is 3.04. The molecule has 1 fully saturated rings. The second kappa shape index (κ2) is 5.71. The van der Waals surface area contributed by atoms with E-state index >= 15 is 0 Å². The number of hydrogen-bond acceptors (Lipinski definition) is 4. The number of carbonyl (C=O) groups is 1. The summed E-state index contributed by atoms with van der Waals surface area (Å²) >= 11 is 0. The molecule has 3 N–H and O–H groups in total. The summed E-state index contributed by atoms with van der Waals surface area (Å²) in [5, 5.41) is 15.9.